The summed E-state index contributed by atoms with van der Waals surface area (Å²) in [6.07, 6.45) is 3.53. The molecule has 0 unspecified atom stereocenters. The van der Waals surface area contributed by atoms with Gasteiger partial charge in [0, 0.05) is 19.0 Å². The van der Waals surface area contributed by atoms with Gasteiger partial charge in [-0.3, -0.25) is 14.8 Å². The molecule has 0 radical (unpaired) electrons. The minimum absolute atomic E-state index is 0.442. The van der Waals surface area contributed by atoms with E-state index < -0.39 is 0 Å². The third-order valence-corrected chi connectivity index (χ3v) is 0.799. The summed E-state index contributed by atoms with van der Waals surface area (Å²) < 4.78 is 0. The molecule has 0 aliphatic heterocycles. The van der Waals surface area contributed by atoms with E-state index in [9.17, 15) is 4.79 Å². The van der Waals surface area contributed by atoms with Gasteiger partial charge in [0.2, 0.25) is 0 Å². The Balaban J connectivity index is 4.07. The Morgan fingerprint density at radius 2 is 2.40 bits per heavy atom. The maximum atomic E-state index is 10.2. The van der Waals surface area contributed by atoms with Crippen LogP contribution in [0.1, 0.15) is 6.92 Å². The highest BCUT2D eigenvalue weighted by molar-refractivity contribution is 6.01. The van der Waals surface area contributed by atoms with Crippen LogP contribution in [0.4, 0.5) is 0 Å². The SMILES string of the molecule is C=N/C=C(/C=O)C=NCC. The molecule has 3 heteroatoms. The van der Waals surface area contributed by atoms with Gasteiger partial charge in [-0.05, 0) is 13.6 Å². The lowest BCUT2D eigenvalue weighted by molar-refractivity contribution is -0.104. The van der Waals surface area contributed by atoms with E-state index >= 15 is 0 Å². The van der Waals surface area contributed by atoms with Crippen LogP contribution in [0.15, 0.2) is 21.8 Å². The molecule has 0 saturated heterocycles. The van der Waals surface area contributed by atoms with Crippen molar-refractivity contribution in [2.24, 2.45) is 9.98 Å². The van der Waals surface area contributed by atoms with Gasteiger partial charge in [0.15, 0.2) is 6.29 Å². The number of rotatable bonds is 4. The first-order valence-electron chi connectivity index (χ1n) is 2.96. The van der Waals surface area contributed by atoms with Gasteiger partial charge in [0.05, 0.1) is 5.57 Å². The fourth-order valence-electron chi connectivity index (χ4n) is 0.396. The van der Waals surface area contributed by atoms with Gasteiger partial charge in [-0.1, -0.05) is 0 Å². The van der Waals surface area contributed by atoms with E-state index in [2.05, 4.69) is 16.7 Å². The second kappa shape index (κ2) is 5.88. The predicted molar refractivity (Wildman–Crippen MR) is 42.7 cm³/mol. The lowest BCUT2D eigenvalue weighted by Gasteiger charge is -1.83. The van der Waals surface area contributed by atoms with Gasteiger partial charge in [-0.15, -0.1) is 0 Å². The molecule has 0 aromatic rings. The molecule has 3 nitrogen and oxygen atoms in total. The first kappa shape index (κ1) is 8.75. The van der Waals surface area contributed by atoms with E-state index in [4.69, 9.17) is 0 Å². The zero-order valence-electron chi connectivity index (χ0n) is 5.95. The molecule has 0 aliphatic carbocycles. The van der Waals surface area contributed by atoms with Crippen LogP contribution in [0.2, 0.25) is 0 Å². The van der Waals surface area contributed by atoms with Gasteiger partial charge in [-0.25, -0.2) is 0 Å². The Kier molecular flexibility index (Phi) is 5.14. The van der Waals surface area contributed by atoms with Crippen LogP contribution in [0.3, 0.4) is 0 Å². The number of carbonyl (C=O) groups is 1. The van der Waals surface area contributed by atoms with Crippen LogP contribution in [-0.2, 0) is 4.79 Å². The number of aldehydes is 1. The average molecular weight is 138 g/mol. The van der Waals surface area contributed by atoms with Crippen molar-refractivity contribution in [1.29, 1.82) is 0 Å². The minimum Gasteiger partial charge on any atom is -0.298 e. The molecule has 0 spiro atoms. The topological polar surface area (TPSA) is 41.8 Å². The van der Waals surface area contributed by atoms with E-state index in [1.54, 1.807) is 0 Å². The molecule has 0 heterocycles. The Bertz CT molecular complexity index is 170. The highest BCUT2D eigenvalue weighted by Crippen LogP contribution is 1.84. The summed E-state index contributed by atoms with van der Waals surface area (Å²) in [5.41, 5.74) is 0.442. The first-order chi connectivity index (χ1) is 4.85. The highest BCUT2D eigenvalue weighted by Gasteiger charge is 1.84. The van der Waals surface area contributed by atoms with Gasteiger partial charge in [-0.2, -0.15) is 0 Å². The Hall–Kier alpha value is -1.25. The quantitative estimate of drug-likeness (QED) is 0.322. The highest BCUT2D eigenvalue weighted by atomic mass is 16.1. The smallest absolute Gasteiger partial charge is 0.153 e. The summed E-state index contributed by atoms with van der Waals surface area (Å²) in [6, 6.07) is 0. The summed E-state index contributed by atoms with van der Waals surface area (Å²) in [4.78, 5) is 17.4. The van der Waals surface area contributed by atoms with E-state index in [1.165, 1.54) is 12.4 Å². The van der Waals surface area contributed by atoms with Crippen molar-refractivity contribution in [2.75, 3.05) is 6.54 Å². The monoisotopic (exact) mass is 138 g/mol. The van der Waals surface area contributed by atoms with Crippen LogP contribution in [0, 0.1) is 0 Å². The van der Waals surface area contributed by atoms with Crippen molar-refractivity contribution < 1.29 is 4.79 Å². The van der Waals surface area contributed by atoms with E-state index in [0.29, 0.717) is 18.4 Å². The normalized spacial score (nSPS) is 11.9. The summed E-state index contributed by atoms with van der Waals surface area (Å²) in [5.74, 6) is 0. The van der Waals surface area contributed by atoms with Gasteiger partial charge in [0.25, 0.3) is 0 Å². The Labute approximate surface area is 60.2 Å². The molecule has 0 aliphatic rings. The second-order valence-electron chi connectivity index (χ2n) is 1.56. The number of allylic oxidation sites excluding steroid dienone is 1. The molecular formula is C7H10N2O. The molecule has 0 N–H and O–H groups in total. The van der Waals surface area contributed by atoms with Crippen LogP contribution < -0.4 is 0 Å². The number of carbonyl (C=O) groups excluding carboxylic acids is 1. The van der Waals surface area contributed by atoms with Crippen molar-refractivity contribution in [3.05, 3.63) is 11.8 Å². The van der Waals surface area contributed by atoms with E-state index in [-0.39, 0.29) is 0 Å². The molecule has 0 bridgehead atoms. The maximum Gasteiger partial charge on any atom is 0.153 e. The fraction of sp³-hybridized carbons (Fsp3) is 0.286. The average Bonchev–Trinajstić information content (AvgIpc) is 1.98. The van der Waals surface area contributed by atoms with E-state index in [0.717, 1.165) is 0 Å². The van der Waals surface area contributed by atoms with Gasteiger partial charge in [0.1, 0.15) is 0 Å². The molecule has 0 aromatic heterocycles. The third kappa shape index (κ3) is 3.72. The van der Waals surface area contributed by atoms with Crippen molar-refractivity contribution >= 4 is 19.2 Å². The molecule has 0 aromatic carbocycles. The zero-order chi connectivity index (χ0) is 7.82. The maximum absolute atomic E-state index is 10.2. The van der Waals surface area contributed by atoms with Crippen molar-refractivity contribution in [1.82, 2.24) is 0 Å². The number of aliphatic imine (C=N–C) groups is 2. The predicted octanol–water partition coefficient (Wildman–Crippen LogP) is 0.860. The second-order valence-corrected chi connectivity index (χ2v) is 1.56. The molecule has 0 amide bonds. The van der Waals surface area contributed by atoms with E-state index in [1.807, 2.05) is 6.92 Å². The Morgan fingerprint density at radius 3 is 2.80 bits per heavy atom. The van der Waals surface area contributed by atoms with Crippen molar-refractivity contribution in [3.8, 4) is 0 Å². The summed E-state index contributed by atoms with van der Waals surface area (Å²) in [5, 5.41) is 0. The largest absolute Gasteiger partial charge is 0.298 e. The molecule has 54 valence electrons. The molecular weight excluding hydrogens is 128 g/mol. The lowest BCUT2D eigenvalue weighted by atomic mass is 10.3. The van der Waals surface area contributed by atoms with Gasteiger partial charge < -0.3 is 0 Å². The fourth-order valence-corrected chi connectivity index (χ4v) is 0.396. The van der Waals surface area contributed by atoms with Gasteiger partial charge >= 0.3 is 0 Å². The third-order valence-electron chi connectivity index (χ3n) is 0.799. The molecule has 0 rings (SSSR count). The zero-order valence-corrected chi connectivity index (χ0v) is 5.95. The van der Waals surface area contributed by atoms with Crippen LogP contribution in [0.5, 0.6) is 0 Å². The number of hydrogen-bond donors (Lipinski definition) is 0. The van der Waals surface area contributed by atoms with Crippen LogP contribution in [0.25, 0.3) is 0 Å². The molecule has 10 heavy (non-hydrogen) atoms. The summed E-state index contributed by atoms with van der Waals surface area (Å²) in [6.45, 7) is 5.77. The molecule has 0 atom stereocenters. The summed E-state index contributed by atoms with van der Waals surface area (Å²) in [7, 11) is 0. The molecule has 0 fully saturated rings. The molecule has 0 saturated carbocycles. The number of nitrogens with zero attached hydrogens (tertiary/aromatic N) is 2. The van der Waals surface area contributed by atoms with Crippen molar-refractivity contribution in [2.45, 2.75) is 6.92 Å². The lowest BCUT2D eigenvalue weighted by Crippen LogP contribution is -1.85. The summed E-state index contributed by atoms with van der Waals surface area (Å²) >= 11 is 0. The minimum atomic E-state index is 0.442. The standard InChI is InChI=1S/C7H10N2O/c1-3-9-5-7(6-10)4-8-2/h4-6H,2-3H2,1H3/b7-4+,9-5?. The van der Waals surface area contributed by atoms with Crippen LogP contribution >= 0.6 is 0 Å². The first-order valence-corrected chi connectivity index (χ1v) is 2.96. The van der Waals surface area contributed by atoms with Crippen molar-refractivity contribution in [3.63, 3.8) is 0 Å². The number of hydrogen-bond acceptors (Lipinski definition) is 3. The van der Waals surface area contributed by atoms with Crippen LogP contribution in [-0.4, -0.2) is 25.8 Å². The Morgan fingerprint density at radius 1 is 1.70 bits per heavy atom.